The smallest absolute Gasteiger partial charge is 0.239 e. The summed E-state index contributed by atoms with van der Waals surface area (Å²) in [6.07, 6.45) is 0.708. The molecule has 0 rings (SSSR count). The normalized spacial score (nSPS) is 12.3. The summed E-state index contributed by atoms with van der Waals surface area (Å²) in [5, 5.41) is 5.28. The minimum atomic E-state index is -0.213. The van der Waals surface area contributed by atoms with Crippen LogP contribution in [0.2, 0.25) is 0 Å². The maximum absolute atomic E-state index is 11.3. The van der Waals surface area contributed by atoms with E-state index >= 15 is 0 Å². The van der Waals surface area contributed by atoms with Crippen LogP contribution in [0.25, 0.3) is 0 Å². The standard InChI is InChI=1S/C10H19BrN2O2/c1-4-8(11)10(15)13-6-9(14)12-5-7(2)3/h7-8H,4-6H2,1-3H3,(H,12,14)(H,13,15). The summed E-state index contributed by atoms with van der Waals surface area (Å²) in [5.74, 6) is 0.134. The zero-order valence-electron chi connectivity index (χ0n) is 9.47. The highest BCUT2D eigenvalue weighted by Gasteiger charge is 2.12. The topological polar surface area (TPSA) is 58.2 Å². The average Bonchev–Trinajstić information content (AvgIpc) is 2.21. The largest absolute Gasteiger partial charge is 0.354 e. The van der Waals surface area contributed by atoms with Crippen molar-refractivity contribution in [2.75, 3.05) is 13.1 Å². The van der Waals surface area contributed by atoms with Gasteiger partial charge in [0, 0.05) is 6.54 Å². The number of amides is 2. The zero-order chi connectivity index (χ0) is 11.8. The monoisotopic (exact) mass is 278 g/mol. The molecular weight excluding hydrogens is 260 g/mol. The first-order valence-electron chi connectivity index (χ1n) is 5.15. The van der Waals surface area contributed by atoms with Gasteiger partial charge in [0.2, 0.25) is 11.8 Å². The van der Waals surface area contributed by atoms with Gasteiger partial charge in [0.15, 0.2) is 0 Å². The molecule has 0 spiro atoms. The van der Waals surface area contributed by atoms with E-state index in [2.05, 4.69) is 26.6 Å². The van der Waals surface area contributed by atoms with Gasteiger partial charge in [-0.05, 0) is 12.3 Å². The van der Waals surface area contributed by atoms with E-state index in [0.717, 1.165) is 0 Å². The van der Waals surface area contributed by atoms with Gasteiger partial charge in [-0.15, -0.1) is 0 Å². The van der Waals surface area contributed by atoms with E-state index in [0.29, 0.717) is 18.9 Å². The molecule has 5 heteroatoms. The first kappa shape index (κ1) is 14.4. The molecule has 2 amide bonds. The molecule has 2 N–H and O–H groups in total. The van der Waals surface area contributed by atoms with Crippen LogP contribution in [0, 0.1) is 5.92 Å². The summed E-state index contributed by atoms with van der Waals surface area (Å²) in [4.78, 5) is 22.3. The van der Waals surface area contributed by atoms with Crippen molar-refractivity contribution in [1.29, 1.82) is 0 Å². The molecule has 0 bridgehead atoms. The molecule has 0 aromatic carbocycles. The van der Waals surface area contributed by atoms with Crippen LogP contribution in [-0.4, -0.2) is 29.7 Å². The van der Waals surface area contributed by atoms with Crippen molar-refractivity contribution in [3.8, 4) is 0 Å². The first-order valence-corrected chi connectivity index (χ1v) is 6.07. The third kappa shape index (κ3) is 7.36. The van der Waals surface area contributed by atoms with Crippen molar-refractivity contribution in [3.05, 3.63) is 0 Å². The molecule has 88 valence electrons. The minimum Gasteiger partial charge on any atom is -0.354 e. The van der Waals surface area contributed by atoms with Crippen molar-refractivity contribution in [2.45, 2.75) is 32.0 Å². The molecule has 0 aliphatic rings. The lowest BCUT2D eigenvalue weighted by molar-refractivity contribution is -0.125. The minimum absolute atomic E-state index is 0.0493. The highest BCUT2D eigenvalue weighted by atomic mass is 79.9. The number of carbonyl (C=O) groups is 2. The van der Waals surface area contributed by atoms with Crippen molar-refractivity contribution in [2.24, 2.45) is 5.92 Å². The quantitative estimate of drug-likeness (QED) is 0.714. The average molecular weight is 279 g/mol. The third-order valence-corrected chi connectivity index (χ3v) is 2.84. The van der Waals surface area contributed by atoms with Crippen LogP contribution < -0.4 is 10.6 Å². The lowest BCUT2D eigenvalue weighted by Crippen LogP contribution is -2.40. The summed E-state index contributed by atoms with van der Waals surface area (Å²) >= 11 is 3.21. The number of hydrogen-bond donors (Lipinski definition) is 2. The fourth-order valence-electron chi connectivity index (χ4n) is 0.844. The highest BCUT2D eigenvalue weighted by Crippen LogP contribution is 2.02. The van der Waals surface area contributed by atoms with Gasteiger partial charge in [-0.3, -0.25) is 9.59 Å². The van der Waals surface area contributed by atoms with E-state index in [4.69, 9.17) is 0 Å². The second-order valence-corrected chi connectivity index (χ2v) is 4.90. The van der Waals surface area contributed by atoms with E-state index in [1.165, 1.54) is 0 Å². The number of carbonyl (C=O) groups excluding carboxylic acids is 2. The van der Waals surface area contributed by atoms with Crippen LogP contribution in [0.3, 0.4) is 0 Å². The van der Waals surface area contributed by atoms with Gasteiger partial charge in [-0.1, -0.05) is 36.7 Å². The van der Waals surface area contributed by atoms with E-state index in [9.17, 15) is 9.59 Å². The van der Waals surface area contributed by atoms with Crippen LogP contribution >= 0.6 is 15.9 Å². The van der Waals surface area contributed by atoms with Crippen molar-refractivity contribution in [1.82, 2.24) is 10.6 Å². The van der Waals surface area contributed by atoms with Gasteiger partial charge in [-0.25, -0.2) is 0 Å². The Hall–Kier alpha value is -0.580. The predicted molar refractivity (Wildman–Crippen MR) is 63.9 cm³/mol. The second kappa shape index (κ2) is 7.68. The van der Waals surface area contributed by atoms with Crippen molar-refractivity contribution >= 4 is 27.7 Å². The molecule has 0 aromatic rings. The molecule has 0 aliphatic heterocycles. The summed E-state index contributed by atoms with van der Waals surface area (Å²) < 4.78 is 0. The van der Waals surface area contributed by atoms with Gasteiger partial charge in [0.1, 0.15) is 0 Å². The number of nitrogens with one attached hydrogen (secondary N) is 2. The van der Waals surface area contributed by atoms with Gasteiger partial charge in [0.25, 0.3) is 0 Å². The molecular formula is C10H19BrN2O2. The van der Waals surface area contributed by atoms with Crippen LogP contribution in [0.15, 0.2) is 0 Å². The summed E-state index contributed by atoms with van der Waals surface area (Å²) in [7, 11) is 0. The Balaban J connectivity index is 3.67. The fourth-order valence-corrected chi connectivity index (χ4v) is 1.01. The molecule has 1 unspecified atom stereocenters. The molecule has 0 aromatic heterocycles. The van der Waals surface area contributed by atoms with Crippen molar-refractivity contribution in [3.63, 3.8) is 0 Å². The van der Waals surface area contributed by atoms with Gasteiger partial charge < -0.3 is 10.6 Å². The zero-order valence-corrected chi connectivity index (χ0v) is 11.1. The fraction of sp³-hybridized carbons (Fsp3) is 0.800. The summed E-state index contributed by atoms with van der Waals surface area (Å²) in [6.45, 7) is 6.63. The maximum atomic E-state index is 11.3. The third-order valence-electron chi connectivity index (χ3n) is 1.77. The van der Waals surface area contributed by atoms with E-state index in [1.807, 2.05) is 20.8 Å². The molecule has 0 fully saturated rings. The molecule has 1 atom stereocenters. The first-order chi connectivity index (χ1) is 6.97. The Morgan fingerprint density at radius 3 is 2.33 bits per heavy atom. The Kier molecular flexibility index (Phi) is 7.38. The van der Waals surface area contributed by atoms with Gasteiger partial charge >= 0.3 is 0 Å². The Labute approximate surface area is 99.3 Å². The van der Waals surface area contributed by atoms with Crippen LogP contribution in [0.1, 0.15) is 27.2 Å². The van der Waals surface area contributed by atoms with Gasteiger partial charge in [0.05, 0.1) is 11.4 Å². The second-order valence-electron chi connectivity index (χ2n) is 3.79. The molecule has 0 aliphatic carbocycles. The Morgan fingerprint density at radius 2 is 1.87 bits per heavy atom. The molecule has 0 heterocycles. The lowest BCUT2D eigenvalue weighted by Gasteiger charge is -2.10. The number of halogens is 1. The van der Waals surface area contributed by atoms with E-state index in [-0.39, 0.29) is 23.2 Å². The van der Waals surface area contributed by atoms with E-state index in [1.54, 1.807) is 0 Å². The molecule has 0 saturated carbocycles. The van der Waals surface area contributed by atoms with Crippen LogP contribution in [-0.2, 0) is 9.59 Å². The van der Waals surface area contributed by atoms with E-state index < -0.39 is 0 Å². The molecule has 0 radical (unpaired) electrons. The summed E-state index contributed by atoms with van der Waals surface area (Å²) in [5.41, 5.74) is 0. The number of hydrogen-bond acceptors (Lipinski definition) is 2. The molecule has 15 heavy (non-hydrogen) atoms. The number of alkyl halides is 1. The SMILES string of the molecule is CCC(Br)C(=O)NCC(=O)NCC(C)C. The predicted octanol–water partition coefficient (Wildman–Crippen LogP) is 1.05. The highest BCUT2D eigenvalue weighted by molar-refractivity contribution is 9.10. The lowest BCUT2D eigenvalue weighted by atomic mass is 10.2. The Morgan fingerprint density at radius 1 is 1.27 bits per heavy atom. The number of rotatable bonds is 6. The Bertz CT molecular complexity index is 219. The molecule has 4 nitrogen and oxygen atoms in total. The van der Waals surface area contributed by atoms with Crippen LogP contribution in [0.5, 0.6) is 0 Å². The summed E-state index contributed by atoms with van der Waals surface area (Å²) in [6, 6.07) is 0. The molecule has 0 saturated heterocycles. The maximum Gasteiger partial charge on any atom is 0.239 e. The van der Waals surface area contributed by atoms with Crippen LogP contribution in [0.4, 0.5) is 0 Å². The van der Waals surface area contributed by atoms with Crippen molar-refractivity contribution < 1.29 is 9.59 Å². The van der Waals surface area contributed by atoms with Gasteiger partial charge in [-0.2, -0.15) is 0 Å².